The summed E-state index contributed by atoms with van der Waals surface area (Å²) in [6.07, 6.45) is -2.19. The number of hydrogen-bond acceptors (Lipinski definition) is 7. The van der Waals surface area contributed by atoms with Crippen molar-refractivity contribution in [1.82, 2.24) is 29.5 Å². The Morgan fingerprint density at radius 2 is 1.70 bits per heavy atom. The third kappa shape index (κ3) is 7.17. The lowest BCUT2D eigenvalue weighted by Crippen LogP contribution is -2.44. The number of aromatic nitrogens is 4. The van der Waals surface area contributed by atoms with Crippen molar-refractivity contribution in [3.8, 4) is 11.3 Å². The maximum absolute atomic E-state index is 15.0. The van der Waals surface area contributed by atoms with Gasteiger partial charge in [-0.1, -0.05) is 6.07 Å². The molecule has 0 radical (unpaired) electrons. The number of likely N-dealkylation sites (N-methyl/N-ethyl adjacent to an activating group) is 1. The number of rotatable bonds is 8. The lowest BCUT2D eigenvalue weighted by molar-refractivity contribution is -0.137. The zero-order valence-corrected chi connectivity index (χ0v) is 23.5. The molecule has 3 heterocycles. The lowest BCUT2D eigenvalue weighted by Gasteiger charge is -2.32. The molecular weight excluding hydrogens is 573 g/mol. The fourth-order valence-electron chi connectivity index (χ4n) is 4.75. The normalized spacial score (nSPS) is 14.7. The quantitative estimate of drug-likeness (QED) is 0.192. The van der Waals surface area contributed by atoms with E-state index in [-0.39, 0.29) is 5.69 Å². The number of anilines is 3. The molecule has 15 heteroatoms. The number of aryl methyl sites for hydroxylation is 1. The first-order valence-electron chi connectivity index (χ1n) is 13.6. The summed E-state index contributed by atoms with van der Waals surface area (Å²) in [6.45, 7) is 5.94. The first-order valence-corrected chi connectivity index (χ1v) is 13.6. The van der Waals surface area contributed by atoms with Crippen LogP contribution in [0.4, 0.5) is 44.1 Å². The highest BCUT2D eigenvalue weighted by Crippen LogP contribution is 2.32. The van der Waals surface area contributed by atoms with Gasteiger partial charge in [-0.3, -0.25) is 0 Å². The molecular formula is C28H30F5N9O. The van der Waals surface area contributed by atoms with Gasteiger partial charge in [-0.15, -0.1) is 0 Å². The first-order chi connectivity index (χ1) is 20.5. The molecule has 43 heavy (non-hydrogen) atoms. The Morgan fingerprint density at radius 3 is 2.42 bits per heavy atom. The van der Waals surface area contributed by atoms with Crippen LogP contribution in [0.3, 0.4) is 0 Å². The van der Waals surface area contributed by atoms with E-state index in [0.717, 1.165) is 45.2 Å². The average molecular weight is 604 g/mol. The summed E-state index contributed by atoms with van der Waals surface area (Å²) in [5, 5.41) is 12.5. The SMILES string of the molecule is CN1CCN(CCCNc2ncc3c(-c4ccc(NC(=O)Nc5cc(C(F)(F)F)ccc5F)c(F)c4)nn(C)c3n2)CC1. The first kappa shape index (κ1) is 30.1. The van der Waals surface area contributed by atoms with Gasteiger partial charge in [-0.2, -0.15) is 23.3 Å². The van der Waals surface area contributed by atoms with Crippen LogP contribution in [0.2, 0.25) is 0 Å². The molecule has 0 saturated carbocycles. The summed E-state index contributed by atoms with van der Waals surface area (Å²) in [4.78, 5) is 26.0. The minimum absolute atomic E-state index is 0.270. The number of nitrogens with one attached hydrogen (secondary N) is 3. The van der Waals surface area contributed by atoms with Gasteiger partial charge in [-0.25, -0.2) is 23.2 Å². The summed E-state index contributed by atoms with van der Waals surface area (Å²) in [5.74, 6) is -1.46. The maximum atomic E-state index is 15.0. The Balaban J connectivity index is 1.23. The molecule has 1 saturated heterocycles. The highest BCUT2D eigenvalue weighted by atomic mass is 19.4. The van der Waals surface area contributed by atoms with E-state index in [9.17, 15) is 26.7 Å². The number of benzene rings is 2. The second-order valence-electron chi connectivity index (χ2n) is 10.3. The number of halogens is 5. The molecule has 1 fully saturated rings. The predicted octanol–water partition coefficient (Wildman–Crippen LogP) is 5.02. The van der Waals surface area contributed by atoms with Crippen LogP contribution in [0.1, 0.15) is 12.0 Å². The zero-order chi connectivity index (χ0) is 30.7. The Bertz CT molecular complexity index is 1620. The van der Waals surface area contributed by atoms with Crippen molar-refractivity contribution in [2.75, 3.05) is 62.3 Å². The zero-order valence-electron chi connectivity index (χ0n) is 23.5. The summed E-state index contributed by atoms with van der Waals surface area (Å²) < 4.78 is 69.4. The van der Waals surface area contributed by atoms with Gasteiger partial charge >= 0.3 is 12.2 Å². The molecule has 0 bridgehead atoms. The predicted molar refractivity (Wildman–Crippen MR) is 153 cm³/mol. The van der Waals surface area contributed by atoms with Crippen LogP contribution in [0.25, 0.3) is 22.3 Å². The van der Waals surface area contributed by atoms with Crippen LogP contribution < -0.4 is 16.0 Å². The number of urea groups is 1. The van der Waals surface area contributed by atoms with Gasteiger partial charge < -0.3 is 25.8 Å². The van der Waals surface area contributed by atoms with Crippen molar-refractivity contribution >= 4 is 34.4 Å². The van der Waals surface area contributed by atoms with Gasteiger partial charge in [0.2, 0.25) is 5.95 Å². The van der Waals surface area contributed by atoms with E-state index in [2.05, 4.69) is 42.5 Å². The molecule has 2 amide bonds. The molecule has 0 atom stereocenters. The largest absolute Gasteiger partial charge is 0.416 e. The number of alkyl halides is 3. The molecule has 10 nitrogen and oxygen atoms in total. The summed E-state index contributed by atoms with van der Waals surface area (Å²) >= 11 is 0. The van der Waals surface area contributed by atoms with Gasteiger partial charge in [0, 0.05) is 51.5 Å². The van der Waals surface area contributed by atoms with Gasteiger partial charge in [-0.05, 0) is 50.3 Å². The Labute approximate surface area is 243 Å². The van der Waals surface area contributed by atoms with Crippen LogP contribution in [0.15, 0.2) is 42.6 Å². The van der Waals surface area contributed by atoms with Crippen LogP contribution in [-0.2, 0) is 13.2 Å². The van der Waals surface area contributed by atoms with Gasteiger partial charge in [0.05, 0.1) is 22.3 Å². The topological polar surface area (TPSA) is 103 Å². The number of piperazine rings is 1. The van der Waals surface area contributed by atoms with Gasteiger partial charge in [0.25, 0.3) is 0 Å². The number of carbonyl (C=O) groups is 1. The van der Waals surface area contributed by atoms with Crippen molar-refractivity contribution in [2.24, 2.45) is 7.05 Å². The Hall–Kier alpha value is -4.37. The fourth-order valence-corrected chi connectivity index (χ4v) is 4.75. The molecule has 2 aromatic heterocycles. The highest BCUT2D eigenvalue weighted by molar-refractivity contribution is 6.00. The molecule has 4 aromatic rings. The van der Waals surface area contributed by atoms with Crippen molar-refractivity contribution in [2.45, 2.75) is 12.6 Å². The molecule has 2 aromatic carbocycles. The van der Waals surface area contributed by atoms with Crippen LogP contribution in [0, 0.1) is 11.6 Å². The average Bonchev–Trinajstić information content (AvgIpc) is 3.29. The Morgan fingerprint density at radius 1 is 0.953 bits per heavy atom. The summed E-state index contributed by atoms with van der Waals surface area (Å²) in [6, 6.07) is 4.40. The number of carbonyl (C=O) groups excluding carboxylic acids is 1. The van der Waals surface area contributed by atoms with E-state index in [1.165, 1.54) is 12.1 Å². The molecule has 1 aliphatic rings. The Kier molecular flexibility index (Phi) is 8.73. The molecule has 0 spiro atoms. The third-order valence-electron chi connectivity index (χ3n) is 7.14. The number of amides is 2. The number of nitrogens with zero attached hydrogens (tertiary/aromatic N) is 6. The summed E-state index contributed by atoms with van der Waals surface area (Å²) in [5.41, 5.74) is -0.775. The monoisotopic (exact) mass is 603 g/mol. The number of fused-ring (bicyclic) bond motifs is 1. The lowest BCUT2D eigenvalue weighted by atomic mass is 10.1. The maximum Gasteiger partial charge on any atom is 0.416 e. The highest BCUT2D eigenvalue weighted by Gasteiger charge is 2.31. The molecule has 1 aliphatic heterocycles. The van der Waals surface area contributed by atoms with E-state index in [1.54, 1.807) is 17.9 Å². The molecule has 5 rings (SSSR count). The van der Waals surface area contributed by atoms with Crippen LogP contribution in [-0.4, -0.2) is 81.9 Å². The minimum atomic E-state index is -4.73. The van der Waals surface area contributed by atoms with Gasteiger partial charge in [0.1, 0.15) is 17.3 Å². The van der Waals surface area contributed by atoms with E-state index >= 15 is 0 Å². The van der Waals surface area contributed by atoms with Crippen LogP contribution in [0.5, 0.6) is 0 Å². The van der Waals surface area contributed by atoms with Crippen LogP contribution >= 0.6 is 0 Å². The summed E-state index contributed by atoms with van der Waals surface area (Å²) in [7, 11) is 3.83. The molecule has 0 unspecified atom stereocenters. The third-order valence-corrected chi connectivity index (χ3v) is 7.14. The van der Waals surface area contributed by atoms with Crippen molar-refractivity contribution in [3.63, 3.8) is 0 Å². The molecule has 228 valence electrons. The molecule has 0 aliphatic carbocycles. The van der Waals surface area contributed by atoms with Crippen molar-refractivity contribution < 1.29 is 26.7 Å². The minimum Gasteiger partial charge on any atom is -0.354 e. The smallest absolute Gasteiger partial charge is 0.354 e. The van der Waals surface area contributed by atoms with Gasteiger partial charge in [0.15, 0.2) is 5.65 Å². The van der Waals surface area contributed by atoms with E-state index in [4.69, 9.17) is 0 Å². The second kappa shape index (κ2) is 12.5. The van der Waals surface area contributed by atoms with Crippen molar-refractivity contribution in [1.29, 1.82) is 0 Å². The van der Waals surface area contributed by atoms with Crippen molar-refractivity contribution in [3.05, 3.63) is 59.8 Å². The standard InChI is InChI=1S/C28H30F5N9O/c1-40-10-12-42(13-11-40)9-3-8-34-26-35-16-19-24(39-41(2)25(19)38-26)17-4-7-22(21(30)14-17)36-27(43)37-23-15-18(28(31,32)33)5-6-20(23)29/h4-7,14-16H,3,8-13H2,1-2H3,(H,34,35,38)(H2,36,37,43). The second-order valence-corrected chi connectivity index (χ2v) is 10.3. The fraction of sp³-hybridized carbons (Fsp3) is 0.357. The number of hydrogen-bond donors (Lipinski definition) is 3. The molecule has 3 N–H and O–H groups in total. The van der Waals surface area contributed by atoms with E-state index in [0.29, 0.717) is 53.0 Å². The van der Waals surface area contributed by atoms with E-state index < -0.39 is 35.1 Å². The van der Waals surface area contributed by atoms with E-state index in [1.807, 2.05) is 5.32 Å².